The van der Waals surface area contributed by atoms with Crippen molar-refractivity contribution in [2.75, 3.05) is 49.2 Å². The smallest absolute Gasteiger partial charge is 0.162 e. The predicted octanol–water partition coefficient (Wildman–Crippen LogP) is 2.03. The molecule has 5 rings (SSSR count). The lowest BCUT2D eigenvalue weighted by Gasteiger charge is -2.35. The molecule has 2 atom stereocenters. The maximum Gasteiger partial charge on any atom is 0.162 e. The van der Waals surface area contributed by atoms with E-state index in [2.05, 4.69) is 48.5 Å². The van der Waals surface area contributed by atoms with Crippen molar-refractivity contribution in [3.8, 4) is 0 Å². The number of morpholine rings is 1. The lowest BCUT2D eigenvalue weighted by molar-refractivity contribution is 0.0979. The van der Waals surface area contributed by atoms with Crippen molar-refractivity contribution in [1.82, 2.24) is 25.2 Å². The third-order valence-corrected chi connectivity index (χ3v) is 6.41. The van der Waals surface area contributed by atoms with Crippen LogP contribution in [0, 0.1) is 5.92 Å². The number of hydrogen-bond donors (Lipinski definition) is 1. The summed E-state index contributed by atoms with van der Waals surface area (Å²) in [6.07, 6.45) is 5.17. The minimum atomic E-state index is -0.530. The minimum absolute atomic E-state index is 0.126. The van der Waals surface area contributed by atoms with Gasteiger partial charge in [-0.05, 0) is 43.2 Å². The highest BCUT2D eigenvalue weighted by molar-refractivity contribution is 5.91. The lowest BCUT2D eigenvalue weighted by atomic mass is 9.89. The zero-order chi connectivity index (χ0) is 21.2. The fraction of sp³-hybridized carbons (Fsp3) is 0.545. The lowest BCUT2D eigenvalue weighted by Crippen LogP contribution is -2.38. The van der Waals surface area contributed by atoms with Gasteiger partial charge in [0.15, 0.2) is 5.82 Å². The number of fused-ring (bicyclic) bond motifs is 1. The van der Waals surface area contributed by atoms with E-state index in [1.165, 1.54) is 0 Å². The topological polar surface area (TPSA) is 92.4 Å². The summed E-state index contributed by atoms with van der Waals surface area (Å²) >= 11 is 0. The third-order valence-electron chi connectivity index (χ3n) is 6.41. The van der Waals surface area contributed by atoms with Crippen LogP contribution in [0.15, 0.2) is 30.6 Å². The van der Waals surface area contributed by atoms with Gasteiger partial charge >= 0.3 is 0 Å². The number of piperidine rings is 1. The molecule has 1 aromatic carbocycles. The molecular formula is C22H29N7O2. The van der Waals surface area contributed by atoms with Crippen molar-refractivity contribution in [1.29, 1.82) is 0 Å². The number of hydrogen-bond acceptors (Lipinski definition) is 8. The largest absolute Gasteiger partial charge is 0.388 e. The van der Waals surface area contributed by atoms with Gasteiger partial charge in [-0.1, -0.05) is 0 Å². The van der Waals surface area contributed by atoms with Crippen LogP contribution >= 0.6 is 0 Å². The van der Waals surface area contributed by atoms with E-state index in [-0.39, 0.29) is 5.92 Å². The van der Waals surface area contributed by atoms with Gasteiger partial charge in [0.1, 0.15) is 5.52 Å². The fourth-order valence-corrected chi connectivity index (χ4v) is 4.65. The first kappa shape index (κ1) is 20.1. The summed E-state index contributed by atoms with van der Waals surface area (Å²) in [4.78, 5) is 4.56. The zero-order valence-corrected chi connectivity index (χ0v) is 17.9. The fourth-order valence-electron chi connectivity index (χ4n) is 4.65. The van der Waals surface area contributed by atoms with Crippen LogP contribution in [0.25, 0.3) is 10.9 Å². The number of nitrogens with zero attached hydrogens (tertiary/aromatic N) is 7. The van der Waals surface area contributed by atoms with E-state index in [0.717, 1.165) is 86.8 Å². The van der Waals surface area contributed by atoms with Crippen molar-refractivity contribution >= 4 is 22.4 Å². The Morgan fingerprint density at radius 1 is 1.16 bits per heavy atom. The highest BCUT2D eigenvalue weighted by atomic mass is 16.5. The summed E-state index contributed by atoms with van der Waals surface area (Å²) in [6, 6.07) is 6.33. The summed E-state index contributed by atoms with van der Waals surface area (Å²) in [6.45, 7) is 7.75. The van der Waals surface area contributed by atoms with Gasteiger partial charge in [-0.25, -0.2) is 0 Å². The van der Waals surface area contributed by atoms with Crippen LogP contribution in [-0.4, -0.2) is 69.7 Å². The van der Waals surface area contributed by atoms with Gasteiger partial charge < -0.3 is 19.6 Å². The number of rotatable bonds is 5. The van der Waals surface area contributed by atoms with E-state index in [1.54, 1.807) is 6.20 Å². The average Bonchev–Trinajstić information content (AvgIpc) is 3.33. The average molecular weight is 424 g/mol. The summed E-state index contributed by atoms with van der Waals surface area (Å²) in [5, 5.41) is 29.0. The van der Waals surface area contributed by atoms with E-state index in [4.69, 9.17) is 4.74 Å². The molecular weight excluding hydrogens is 394 g/mol. The van der Waals surface area contributed by atoms with Crippen LogP contribution in [0.4, 0.5) is 11.5 Å². The molecule has 2 unspecified atom stereocenters. The molecule has 4 heterocycles. The Morgan fingerprint density at radius 3 is 2.84 bits per heavy atom. The first-order chi connectivity index (χ1) is 15.2. The molecule has 2 aliphatic rings. The number of benzene rings is 1. The van der Waals surface area contributed by atoms with Gasteiger partial charge in [0.25, 0.3) is 0 Å². The van der Waals surface area contributed by atoms with Gasteiger partial charge in [-0.3, -0.25) is 4.68 Å². The maximum absolute atomic E-state index is 11.0. The number of aliphatic hydroxyl groups excluding tert-OH is 1. The van der Waals surface area contributed by atoms with Crippen molar-refractivity contribution in [2.45, 2.75) is 32.4 Å². The first-order valence-electron chi connectivity index (χ1n) is 11.1. The molecule has 0 amide bonds. The number of aryl methyl sites for hydroxylation is 1. The summed E-state index contributed by atoms with van der Waals surface area (Å²) < 4.78 is 7.32. The molecule has 0 spiro atoms. The number of aliphatic hydroxyl groups is 1. The van der Waals surface area contributed by atoms with Crippen molar-refractivity contribution in [2.24, 2.45) is 5.92 Å². The molecule has 0 aliphatic carbocycles. The minimum Gasteiger partial charge on any atom is -0.388 e. The molecule has 9 nitrogen and oxygen atoms in total. The summed E-state index contributed by atoms with van der Waals surface area (Å²) in [7, 11) is 0. The Kier molecular flexibility index (Phi) is 5.69. The standard InChI is InChI=1S/C22H29N7O2/c1-2-29-15-17(13-23-29)21(30)16-4-3-7-28(14-16)22-19-6-5-18(12-20(19)24-26-25-22)27-8-10-31-11-9-27/h5-6,12-13,15-16,21,30H,2-4,7-11,14H2,1H3. The van der Waals surface area contributed by atoms with Crippen LogP contribution in [0.5, 0.6) is 0 Å². The van der Waals surface area contributed by atoms with Crippen molar-refractivity contribution in [3.63, 3.8) is 0 Å². The maximum atomic E-state index is 11.0. The van der Waals surface area contributed by atoms with Crippen LogP contribution in [0.2, 0.25) is 0 Å². The van der Waals surface area contributed by atoms with E-state index < -0.39 is 6.10 Å². The molecule has 3 aromatic rings. The highest BCUT2D eigenvalue weighted by Crippen LogP contribution is 2.34. The van der Waals surface area contributed by atoms with Crippen LogP contribution in [0.3, 0.4) is 0 Å². The number of anilines is 2. The Labute approximate surface area is 181 Å². The van der Waals surface area contributed by atoms with Gasteiger partial charge in [0, 0.05) is 61.5 Å². The Hall–Kier alpha value is -2.78. The SMILES string of the molecule is CCn1cc(C(O)C2CCCN(c3nnnc4cc(N5CCOCC5)ccc34)C2)cn1. The molecule has 0 bridgehead atoms. The molecule has 2 fully saturated rings. The second-order valence-electron chi connectivity index (χ2n) is 8.34. The van der Waals surface area contributed by atoms with E-state index in [0.29, 0.717) is 0 Å². The molecule has 2 aromatic heterocycles. The third kappa shape index (κ3) is 4.07. The van der Waals surface area contributed by atoms with Gasteiger partial charge in [0.05, 0.1) is 25.5 Å². The van der Waals surface area contributed by atoms with Gasteiger partial charge in [-0.2, -0.15) is 5.10 Å². The second kappa shape index (κ2) is 8.76. The van der Waals surface area contributed by atoms with Crippen LogP contribution in [-0.2, 0) is 11.3 Å². The van der Waals surface area contributed by atoms with Crippen LogP contribution in [0.1, 0.15) is 31.4 Å². The van der Waals surface area contributed by atoms with Crippen molar-refractivity contribution < 1.29 is 9.84 Å². The second-order valence-corrected chi connectivity index (χ2v) is 8.34. The first-order valence-corrected chi connectivity index (χ1v) is 11.1. The van der Waals surface area contributed by atoms with Gasteiger partial charge in [0.2, 0.25) is 0 Å². The molecule has 0 radical (unpaired) electrons. The Morgan fingerprint density at radius 2 is 2.03 bits per heavy atom. The van der Waals surface area contributed by atoms with E-state index >= 15 is 0 Å². The summed E-state index contributed by atoms with van der Waals surface area (Å²) in [5.74, 6) is 0.973. The molecule has 2 saturated heterocycles. The van der Waals surface area contributed by atoms with Crippen LogP contribution < -0.4 is 9.80 Å². The summed E-state index contributed by atoms with van der Waals surface area (Å²) in [5.41, 5.74) is 2.87. The predicted molar refractivity (Wildman–Crippen MR) is 118 cm³/mol. The zero-order valence-electron chi connectivity index (χ0n) is 17.9. The van der Waals surface area contributed by atoms with Crippen molar-refractivity contribution in [3.05, 3.63) is 36.2 Å². The van der Waals surface area contributed by atoms with Gasteiger partial charge in [-0.15, -0.1) is 10.2 Å². The highest BCUT2D eigenvalue weighted by Gasteiger charge is 2.29. The Balaban J connectivity index is 1.38. The quantitative estimate of drug-likeness (QED) is 0.666. The molecule has 31 heavy (non-hydrogen) atoms. The molecule has 9 heteroatoms. The molecule has 2 aliphatic heterocycles. The monoisotopic (exact) mass is 423 g/mol. The molecule has 1 N–H and O–H groups in total. The van der Waals surface area contributed by atoms with E-state index in [9.17, 15) is 5.11 Å². The normalized spacial score (nSPS) is 20.9. The number of ether oxygens (including phenoxy) is 1. The van der Waals surface area contributed by atoms with E-state index in [1.807, 2.05) is 17.8 Å². The Bertz CT molecular complexity index is 1030. The molecule has 0 saturated carbocycles. The number of aromatic nitrogens is 5. The molecule has 164 valence electrons.